The third kappa shape index (κ3) is 4.96. The molecule has 120 valence electrons. The molecule has 0 atom stereocenters. The van der Waals surface area contributed by atoms with Gasteiger partial charge in [0.05, 0.1) is 18.3 Å². The molecule has 0 fully saturated rings. The van der Waals surface area contributed by atoms with Crippen molar-refractivity contribution in [3.63, 3.8) is 0 Å². The number of amides is 1. The van der Waals surface area contributed by atoms with E-state index in [9.17, 15) is 9.18 Å². The van der Waals surface area contributed by atoms with E-state index >= 15 is 0 Å². The Morgan fingerprint density at radius 1 is 1.26 bits per heavy atom. The standard InChI is InChI=1S/C16H14ClFN2O3/c1-22-11-5-7-12(8-6-11)23-10-16(21)20-19-9-13-14(17)3-2-4-15(13)18/h2-9H,10H2,1H3,(H,20,21)/b19-9-. The van der Waals surface area contributed by atoms with Gasteiger partial charge in [-0.25, -0.2) is 9.82 Å². The van der Waals surface area contributed by atoms with Gasteiger partial charge in [-0.3, -0.25) is 4.79 Å². The van der Waals surface area contributed by atoms with E-state index < -0.39 is 11.7 Å². The summed E-state index contributed by atoms with van der Waals surface area (Å²) in [7, 11) is 1.56. The van der Waals surface area contributed by atoms with E-state index in [0.29, 0.717) is 11.5 Å². The van der Waals surface area contributed by atoms with E-state index in [1.165, 1.54) is 18.2 Å². The van der Waals surface area contributed by atoms with Gasteiger partial charge in [0, 0.05) is 5.56 Å². The van der Waals surface area contributed by atoms with Crippen molar-refractivity contribution >= 4 is 23.7 Å². The molecule has 0 radical (unpaired) electrons. The monoisotopic (exact) mass is 336 g/mol. The van der Waals surface area contributed by atoms with Gasteiger partial charge >= 0.3 is 0 Å². The number of hydrogen-bond acceptors (Lipinski definition) is 4. The molecule has 2 aromatic carbocycles. The summed E-state index contributed by atoms with van der Waals surface area (Å²) >= 11 is 5.83. The molecule has 0 bridgehead atoms. The van der Waals surface area contributed by atoms with Crippen LogP contribution in [0.5, 0.6) is 11.5 Å². The fourth-order valence-corrected chi connectivity index (χ4v) is 1.87. The normalized spacial score (nSPS) is 10.6. The minimum absolute atomic E-state index is 0.102. The molecule has 7 heteroatoms. The molecule has 0 aromatic heterocycles. The van der Waals surface area contributed by atoms with Gasteiger partial charge in [-0.2, -0.15) is 5.10 Å². The van der Waals surface area contributed by atoms with E-state index in [-0.39, 0.29) is 17.2 Å². The first-order valence-corrected chi connectivity index (χ1v) is 7.00. The number of hydrazone groups is 1. The highest BCUT2D eigenvalue weighted by molar-refractivity contribution is 6.33. The molecule has 0 unspecified atom stereocenters. The SMILES string of the molecule is COc1ccc(OCC(=O)N/N=C\c2c(F)cccc2Cl)cc1. The topological polar surface area (TPSA) is 59.9 Å². The molecule has 0 aliphatic rings. The molecule has 1 amide bonds. The van der Waals surface area contributed by atoms with Crippen LogP contribution in [-0.2, 0) is 4.79 Å². The molecule has 0 aliphatic carbocycles. The van der Waals surface area contributed by atoms with Crippen LogP contribution in [0, 0.1) is 5.82 Å². The summed E-state index contributed by atoms with van der Waals surface area (Å²) in [6, 6.07) is 11.0. The van der Waals surface area contributed by atoms with Gasteiger partial charge in [-0.1, -0.05) is 17.7 Å². The second-order valence-corrected chi connectivity index (χ2v) is 4.80. The lowest BCUT2D eigenvalue weighted by molar-refractivity contribution is -0.123. The second-order valence-electron chi connectivity index (χ2n) is 4.39. The molecular weight excluding hydrogens is 323 g/mol. The van der Waals surface area contributed by atoms with Gasteiger partial charge < -0.3 is 9.47 Å². The first kappa shape index (κ1) is 16.8. The Balaban J connectivity index is 1.84. The molecular formula is C16H14ClFN2O3. The van der Waals surface area contributed by atoms with Gasteiger partial charge in [0.15, 0.2) is 6.61 Å². The molecule has 0 saturated heterocycles. The lowest BCUT2D eigenvalue weighted by atomic mass is 10.2. The van der Waals surface area contributed by atoms with Crippen LogP contribution in [0.4, 0.5) is 4.39 Å². The number of rotatable bonds is 6. The van der Waals surface area contributed by atoms with Gasteiger partial charge in [-0.15, -0.1) is 0 Å². The average molecular weight is 337 g/mol. The predicted octanol–water partition coefficient (Wildman–Crippen LogP) is 3.02. The van der Waals surface area contributed by atoms with Crippen LogP contribution in [0.15, 0.2) is 47.6 Å². The van der Waals surface area contributed by atoms with Gasteiger partial charge in [0.2, 0.25) is 0 Å². The average Bonchev–Trinajstić information content (AvgIpc) is 2.56. The van der Waals surface area contributed by atoms with Crippen molar-refractivity contribution in [3.05, 3.63) is 58.9 Å². The van der Waals surface area contributed by atoms with Crippen molar-refractivity contribution in [2.75, 3.05) is 13.7 Å². The van der Waals surface area contributed by atoms with E-state index in [2.05, 4.69) is 10.5 Å². The molecule has 0 saturated carbocycles. The zero-order valence-corrected chi connectivity index (χ0v) is 13.0. The van der Waals surface area contributed by atoms with Crippen molar-refractivity contribution in [2.24, 2.45) is 5.10 Å². The maximum Gasteiger partial charge on any atom is 0.277 e. The number of carbonyl (C=O) groups is 1. The maximum atomic E-state index is 13.5. The summed E-state index contributed by atoms with van der Waals surface area (Å²) in [6.45, 7) is -0.228. The summed E-state index contributed by atoms with van der Waals surface area (Å²) in [5.74, 6) is 0.199. The maximum absolute atomic E-state index is 13.5. The van der Waals surface area contributed by atoms with Crippen molar-refractivity contribution in [1.29, 1.82) is 0 Å². The zero-order chi connectivity index (χ0) is 16.7. The van der Waals surface area contributed by atoms with Crippen LogP contribution in [0.25, 0.3) is 0 Å². The summed E-state index contributed by atoms with van der Waals surface area (Å²) in [4.78, 5) is 11.6. The minimum Gasteiger partial charge on any atom is -0.497 e. The van der Waals surface area contributed by atoms with Crippen LogP contribution in [0.1, 0.15) is 5.56 Å². The fourth-order valence-electron chi connectivity index (χ4n) is 1.66. The van der Waals surface area contributed by atoms with E-state index in [0.717, 1.165) is 6.21 Å². The Kier molecular flexibility index (Phi) is 5.94. The highest BCUT2D eigenvalue weighted by atomic mass is 35.5. The van der Waals surface area contributed by atoms with E-state index in [4.69, 9.17) is 21.1 Å². The number of hydrogen-bond donors (Lipinski definition) is 1. The second kappa shape index (κ2) is 8.14. The van der Waals surface area contributed by atoms with Gasteiger partial charge in [0.25, 0.3) is 5.91 Å². The molecule has 1 N–H and O–H groups in total. The molecule has 2 aromatic rings. The number of benzene rings is 2. The third-order valence-electron chi connectivity index (χ3n) is 2.81. The molecule has 0 heterocycles. The minimum atomic E-state index is -0.523. The first-order chi connectivity index (χ1) is 11.1. The number of halogens is 2. The van der Waals surface area contributed by atoms with Crippen molar-refractivity contribution < 1.29 is 18.7 Å². The molecule has 0 spiro atoms. The Bertz CT molecular complexity index is 685. The summed E-state index contributed by atoms with van der Waals surface area (Å²) in [5, 5.41) is 3.86. The summed E-state index contributed by atoms with van der Waals surface area (Å²) in [6.07, 6.45) is 1.14. The van der Waals surface area contributed by atoms with Gasteiger partial charge in [-0.05, 0) is 36.4 Å². The number of ether oxygens (including phenoxy) is 2. The number of nitrogens with zero attached hydrogens (tertiary/aromatic N) is 1. The highest BCUT2D eigenvalue weighted by Crippen LogP contribution is 2.17. The Labute approximate surface area is 137 Å². The molecule has 0 aliphatic heterocycles. The van der Waals surface area contributed by atoms with E-state index in [1.807, 2.05) is 0 Å². The largest absolute Gasteiger partial charge is 0.497 e. The summed E-state index contributed by atoms with van der Waals surface area (Å²) < 4.78 is 23.8. The molecule has 5 nitrogen and oxygen atoms in total. The van der Waals surface area contributed by atoms with Crippen molar-refractivity contribution in [1.82, 2.24) is 5.43 Å². The first-order valence-electron chi connectivity index (χ1n) is 6.63. The van der Waals surface area contributed by atoms with Crippen LogP contribution >= 0.6 is 11.6 Å². The van der Waals surface area contributed by atoms with Crippen molar-refractivity contribution in [2.45, 2.75) is 0 Å². The van der Waals surface area contributed by atoms with Crippen LogP contribution in [0.2, 0.25) is 5.02 Å². The Morgan fingerprint density at radius 3 is 2.61 bits per heavy atom. The smallest absolute Gasteiger partial charge is 0.277 e. The Morgan fingerprint density at radius 2 is 1.96 bits per heavy atom. The van der Waals surface area contributed by atoms with E-state index in [1.54, 1.807) is 31.4 Å². The summed E-state index contributed by atoms with van der Waals surface area (Å²) in [5.41, 5.74) is 2.34. The van der Waals surface area contributed by atoms with Crippen molar-refractivity contribution in [3.8, 4) is 11.5 Å². The van der Waals surface area contributed by atoms with Crippen LogP contribution < -0.4 is 14.9 Å². The van der Waals surface area contributed by atoms with Crippen LogP contribution in [-0.4, -0.2) is 25.8 Å². The number of nitrogens with one attached hydrogen (secondary N) is 1. The third-order valence-corrected chi connectivity index (χ3v) is 3.14. The number of carbonyl (C=O) groups excluding carboxylic acids is 1. The predicted molar refractivity (Wildman–Crippen MR) is 85.6 cm³/mol. The quantitative estimate of drug-likeness (QED) is 0.651. The highest BCUT2D eigenvalue weighted by Gasteiger charge is 2.05. The Hall–Kier alpha value is -2.60. The molecule has 2 rings (SSSR count). The lowest BCUT2D eigenvalue weighted by Crippen LogP contribution is -2.24. The lowest BCUT2D eigenvalue weighted by Gasteiger charge is -2.06. The number of methoxy groups -OCH3 is 1. The fraction of sp³-hybridized carbons (Fsp3) is 0.125. The van der Waals surface area contributed by atoms with Crippen LogP contribution in [0.3, 0.4) is 0 Å². The zero-order valence-electron chi connectivity index (χ0n) is 12.3. The molecule has 23 heavy (non-hydrogen) atoms. The van der Waals surface area contributed by atoms with Gasteiger partial charge in [0.1, 0.15) is 17.3 Å².